The summed E-state index contributed by atoms with van der Waals surface area (Å²) < 4.78 is 0. The molecule has 2 amide bonds. The average molecular weight is 288 g/mol. The van der Waals surface area contributed by atoms with Gasteiger partial charge in [-0.25, -0.2) is 0 Å². The van der Waals surface area contributed by atoms with Gasteiger partial charge in [-0.1, -0.05) is 32.6 Å². The Morgan fingerprint density at radius 3 is 2.58 bits per heavy atom. The Labute approximate surface area is 121 Å². The van der Waals surface area contributed by atoms with Gasteiger partial charge in [0, 0.05) is 13.1 Å². The van der Waals surface area contributed by atoms with E-state index in [9.17, 15) is 9.59 Å². The first-order valence-electron chi connectivity index (χ1n) is 7.28. The van der Waals surface area contributed by atoms with E-state index in [-0.39, 0.29) is 11.2 Å². The third kappa shape index (κ3) is 12.1. The van der Waals surface area contributed by atoms with E-state index >= 15 is 0 Å². The van der Waals surface area contributed by atoms with Gasteiger partial charge in [-0.05, 0) is 25.5 Å². The van der Waals surface area contributed by atoms with E-state index in [0.717, 1.165) is 12.2 Å². The van der Waals surface area contributed by atoms with E-state index in [0.29, 0.717) is 19.5 Å². The first-order chi connectivity index (χ1) is 9.22. The van der Waals surface area contributed by atoms with Gasteiger partial charge >= 0.3 is 0 Å². The quantitative estimate of drug-likeness (QED) is 0.404. The van der Waals surface area contributed by atoms with Gasteiger partial charge in [-0.15, -0.1) is 11.8 Å². The summed E-state index contributed by atoms with van der Waals surface area (Å²) in [4.78, 5) is 21.7. The predicted molar refractivity (Wildman–Crippen MR) is 82.4 cm³/mol. The number of rotatable bonds is 13. The van der Waals surface area contributed by atoms with Crippen molar-refractivity contribution in [2.24, 2.45) is 0 Å². The second-order valence-electron chi connectivity index (χ2n) is 4.64. The minimum Gasteiger partial charge on any atom is -0.359 e. The Hall–Kier alpha value is -0.710. The van der Waals surface area contributed by atoms with Gasteiger partial charge in [-0.3, -0.25) is 9.59 Å². The SMILES string of the molecule is CCCCCCCSC(C)C(=O)NCCCNC=O. The minimum atomic E-state index is 0.0187. The molecule has 0 heterocycles. The predicted octanol–water partition coefficient (Wildman–Crippen LogP) is 2.33. The summed E-state index contributed by atoms with van der Waals surface area (Å²) in [5, 5.41) is 5.48. The molecule has 1 unspecified atom stereocenters. The van der Waals surface area contributed by atoms with Crippen LogP contribution in [0.4, 0.5) is 0 Å². The molecular formula is C14H28N2O2S. The summed E-state index contributed by atoms with van der Waals surface area (Å²) in [5.41, 5.74) is 0. The van der Waals surface area contributed by atoms with E-state index in [1.165, 1.54) is 32.1 Å². The zero-order chi connectivity index (χ0) is 14.3. The topological polar surface area (TPSA) is 58.2 Å². The molecule has 0 fully saturated rings. The van der Waals surface area contributed by atoms with Crippen LogP contribution in [0, 0.1) is 0 Å². The van der Waals surface area contributed by atoms with Gasteiger partial charge in [-0.2, -0.15) is 0 Å². The Morgan fingerprint density at radius 2 is 1.89 bits per heavy atom. The van der Waals surface area contributed by atoms with Gasteiger partial charge in [0.2, 0.25) is 12.3 Å². The highest BCUT2D eigenvalue weighted by Crippen LogP contribution is 2.14. The van der Waals surface area contributed by atoms with Gasteiger partial charge in [0.25, 0.3) is 0 Å². The fraction of sp³-hybridized carbons (Fsp3) is 0.857. The highest BCUT2D eigenvalue weighted by atomic mass is 32.2. The van der Waals surface area contributed by atoms with Crippen molar-refractivity contribution in [3.63, 3.8) is 0 Å². The van der Waals surface area contributed by atoms with Crippen LogP contribution in [0.3, 0.4) is 0 Å². The number of thioether (sulfide) groups is 1. The van der Waals surface area contributed by atoms with Gasteiger partial charge < -0.3 is 10.6 Å². The largest absolute Gasteiger partial charge is 0.359 e. The number of hydrogen-bond acceptors (Lipinski definition) is 3. The van der Waals surface area contributed by atoms with Crippen molar-refractivity contribution in [1.82, 2.24) is 10.6 Å². The molecule has 0 saturated heterocycles. The average Bonchev–Trinajstić information content (AvgIpc) is 2.42. The molecule has 0 spiro atoms. The highest BCUT2D eigenvalue weighted by molar-refractivity contribution is 8.00. The van der Waals surface area contributed by atoms with Gasteiger partial charge in [0.05, 0.1) is 5.25 Å². The molecule has 0 aliphatic heterocycles. The molecular weight excluding hydrogens is 260 g/mol. The van der Waals surface area contributed by atoms with Gasteiger partial charge in [0.1, 0.15) is 0 Å². The summed E-state index contributed by atoms with van der Waals surface area (Å²) in [6, 6.07) is 0. The van der Waals surface area contributed by atoms with E-state index < -0.39 is 0 Å². The van der Waals surface area contributed by atoms with E-state index in [4.69, 9.17) is 0 Å². The molecule has 0 aromatic carbocycles. The lowest BCUT2D eigenvalue weighted by Gasteiger charge is -2.11. The van der Waals surface area contributed by atoms with Crippen molar-refractivity contribution < 1.29 is 9.59 Å². The van der Waals surface area contributed by atoms with Crippen LogP contribution < -0.4 is 10.6 Å². The number of unbranched alkanes of at least 4 members (excludes halogenated alkanes) is 4. The smallest absolute Gasteiger partial charge is 0.232 e. The van der Waals surface area contributed by atoms with E-state index in [2.05, 4.69) is 17.6 Å². The molecule has 0 aliphatic carbocycles. The number of hydrogen-bond donors (Lipinski definition) is 2. The van der Waals surface area contributed by atoms with Crippen molar-refractivity contribution in [3.8, 4) is 0 Å². The Kier molecular flexibility index (Phi) is 13.2. The van der Waals surface area contributed by atoms with Crippen molar-refractivity contribution >= 4 is 24.1 Å². The highest BCUT2D eigenvalue weighted by Gasteiger charge is 2.11. The molecule has 0 bridgehead atoms. The number of carbonyl (C=O) groups is 2. The van der Waals surface area contributed by atoms with Crippen LogP contribution in [0.25, 0.3) is 0 Å². The lowest BCUT2D eigenvalue weighted by Crippen LogP contribution is -2.33. The third-order valence-electron chi connectivity index (χ3n) is 2.87. The Morgan fingerprint density at radius 1 is 1.16 bits per heavy atom. The molecule has 0 saturated carbocycles. The standard InChI is InChI=1S/C14H28N2O2S/c1-3-4-5-6-7-11-19-13(2)14(18)16-10-8-9-15-12-17/h12-13H,3-11H2,1-2H3,(H,15,17)(H,16,18). The van der Waals surface area contributed by atoms with Crippen LogP contribution >= 0.6 is 11.8 Å². The van der Waals surface area contributed by atoms with Crippen LogP contribution in [-0.4, -0.2) is 36.4 Å². The Bertz CT molecular complexity index is 237. The Balaban J connectivity index is 3.40. The summed E-state index contributed by atoms with van der Waals surface area (Å²) >= 11 is 1.73. The molecule has 0 rings (SSSR count). The molecule has 0 radical (unpaired) electrons. The molecule has 4 nitrogen and oxygen atoms in total. The zero-order valence-electron chi connectivity index (χ0n) is 12.2. The van der Waals surface area contributed by atoms with Crippen LogP contribution in [0.2, 0.25) is 0 Å². The van der Waals surface area contributed by atoms with Crippen LogP contribution in [0.1, 0.15) is 52.4 Å². The maximum atomic E-state index is 11.7. The second kappa shape index (κ2) is 13.7. The normalized spacial score (nSPS) is 11.9. The maximum absolute atomic E-state index is 11.7. The van der Waals surface area contributed by atoms with Crippen molar-refractivity contribution in [1.29, 1.82) is 0 Å². The van der Waals surface area contributed by atoms with Crippen LogP contribution in [0.15, 0.2) is 0 Å². The first kappa shape index (κ1) is 18.3. The number of amides is 2. The van der Waals surface area contributed by atoms with Crippen molar-refractivity contribution in [2.75, 3.05) is 18.8 Å². The molecule has 19 heavy (non-hydrogen) atoms. The van der Waals surface area contributed by atoms with Gasteiger partial charge in [0.15, 0.2) is 0 Å². The summed E-state index contributed by atoms with van der Waals surface area (Å²) in [6.07, 6.45) is 7.82. The minimum absolute atomic E-state index is 0.0187. The van der Waals surface area contributed by atoms with Crippen LogP contribution in [0.5, 0.6) is 0 Å². The zero-order valence-corrected chi connectivity index (χ0v) is 13.1. The second-order valence-corrected chi connectivity index (χ2v) is 6.09. The maximum Gasteiger partial charge on any atom is 0.232 e. The fourth-order valence-electron chi connectivity index (χ4n) is 1.65. The number of carbonyl (C=O) groups excluding carboxylic acids is 2. The molecule has 112 valence electrons. The molecule has 0 aromatic heterocycles. The van der Waals surface area contributed by atoms with E-state index in [1.807, 2.05) is 6.92 Å². The summed E-state index contributed by atoms with van der Waals surface area (Å²) in [6.45, 7) is 5.41. The fourth-order valence-corrected chi connectivity index (χ4v) is 2.61. The van der Waals surface area contributed by atoms with Crippen molar-refractivity contribution in [3.05, 3.63) is 0 Å². The molecule has 0 aliphatic rings. The molecule has 0 aromatic rings. The number of nitrogens with one attached hydrogen (secondary N) is 2. The van der Waals surface area contributed by atoms with E-state index in [1.54, 1.807) is 11.8 Å². The molecule has 1 atom stereocenters. The lowest BCUT2D eigenvalue weighted by atomic mass is 10.2. The monoisotopic (exact) mass is 288 g/mol. The third-order valence-corrected chi connectivity index (χ3v) is 4.10. The molecule has 2 N–H and O–H groups in total. The summed E-state index contributed by atoms with van der Waals surface area (Å²) in [7, 11) is 0. The lowest BCUT2D eigenvalue weighted by molar-refractivity contribution is -0.120. The summed E-state index contributed by atoms with van der Waals surface area (Å²) in [5.74, 6) is 1.16. The van der Waals surface area contributed by atoms with Crippen molar-refractivity contribution in [2.45, 2.75) is 57.6 Å². The first-order valence-corrected chi connectivity index (χ1v) is 8.33. The van der Waals surface area contributed by atoms with Crippen LogP contribution in [-0.2, 0) is 9.59 Å². The molecule has 5 heteroatoms.